The second-order valence-electron chi connectivity index (χ2n) is 6.54. The van der Waals surface area contributed by atoms with E-state index in [1.807, 2.05) is 20.8 Å². The molecule has 0 amide bonds. The molecule has 118 valence electrons. The maximum Gasteiger partial charge on any atom is 0.244 e. The van der Waals surface area contributed by atoms with E-state index < -0.39 is 5.92 Å². The Bertz CT molecular complexity index is 822. The summed E-state index contributed by atoms with van der Waals surface area (Å²) in [6.45, 7) is 6.11. The second kappa shape index (κ2) is 5.13. The van der Waals surface area contributed by atoms with E-state index in [1.165, 1.54) is 12.1 Å². The zero-order valence-electron chi connectivity index (χ0n) is 13.1. The summed E-state index contributed by atoms with van der Waals surface area (Å²) >= 11 is 0. The summed E-state index contributed by atoms with van der Waals surface area (Å²) < 4.78 is 18.8. The van der Waals surface area contributed by atoms with Gasteiger partial charge >= 0.3 is 0 Å². The third kappa shape index (κ3) is 2.44. The van der Waals surface area contributed by atoms with Gasteiger partial charge in [0.25, 0.3) is 0 Å². The maximum absolute atomic E-state index is 13.3. The van der Waals surface area contributed by atoms with Crippen LogP contribution in [-0.4, -0.2) is 10.2 Å². The Morgan fingerprint density at radius 2 is 1.96 bits per heavy atom. The molecule has 1 unspecified atom stereocenters. The van der Waals surface area contributed by atoms with Crippen LogP contribution in [0.4, 0.5) is 4.39 Å². The first-order valence-electron chi connectivity index (χ1n) is 7.24. The Balaban J connectivity index is 2.26. The minimum atomic E-state index is -0.433. The Morgan fingerprint density at radius 3 is 2.52 bits per heavy atom. The fourth-order valence-corrected chi connectivity index (χ4v) is 2.81. The van der Waals surface area contributed by atoms with Gasteiger partial charge in [-0.05, 0) is 17.7 Å². The number of nitrogens with two attached hydrogens (primary N) is 1. The fraction of sp³-hybridized carbons (Fsp3) is 0.294. The molecule has 0 bridgehead atoms. The standard InChI is InChI=1S/C17H17FN4O/c1-17(2,3)14-13-12(9-4-6-10(18)7-5-9)11(8-19)15(20)23-16(13)22-21-14/h4-7,12H,20H2,1-3H3,(H,21,22). The first kappa shape index (κ1) is 15.1. The minimum absolute atomic E-state index is 0.0290. The van der Waals surface area contributed by atoms with E-state index in [4.69, 9.17) is 10.5 Å². The summed E-state index contributed by atoms with van der Waals surface area (Å²) in [5, 5.41) is 16.7. The van der Waals surface area contributed by atoms with Crippen LogP contribution in [0, 0.1) is 17.1 Å². The maximum atomic E-state index is 13.3. The first-order valence-corrected chi connectivity index (χ1v) is 7.24. The van der Waals surface area contributed by atoms with Gasteiger partial charge < -0.3 is 10.5 Å². The number of ether oxygens (including phenoxy) is 1. The van der Waals surface area contributed by atoms with Gasteiger partial charge in [0.2, 0.25) is 11.8 Å². The number of H-pyrrole nitrogens is 1. The molecule has 1 aromatic carbocycles. The van der Waals surface area contributed by atoms with E-state index in [0.29, 0.717) is 11.5 Å². The third-order valence-corrected chi connectivity index (χ3v) is 3.89. The van der Waals surface area contributed by atoms with Gasteiger partial charge in [0, 0.05) is 11.1 Å². The highest BCUT2D eigenvalue weighted by Crippen LogP contribution is 2.45. The molecule has 1 aliphatic rings. The number of rotatable bonds is 1. The van der Waals surface area contributed by atoms with Gasteiger partial charge in [0.05, 0.1) is 11.5 Å². The molecule has 2 aromatic rings. The van der Waals surface area contributed by atoms with Gasteiger partial charge in [-0.3, -0.25) is 5.10 Å². The topological polar surface area (TPSA) is 87.7 Å². The van der Waals surface area contributed by atoms with Crippen molar-refractivity contribution in [3.63, 3.8) is 0 Å². The number of hydrogen-bond donors (Lipinski definition) is 2. The van der Waals surface area contributed by atoms with Gasteiger partial charge in [-0.25, -0.2) is 4.39 Å². The molecule has 23 heavy (non-hydrogen) atoms. The van der Waals surface area contributed by atoms with Gasteiger partial charge in [-0.15, -0.1) is 5.10 Å². The Morgan fingerprint density at radius 1 is 1.30 bits per heavy atom. The lowest BCUT2D eigenvalue weighted by Gasteiger charge is -2.27. The van der Waals surface area contributed by atoms with Crippen molar-refractivity contribution < 1.29 is 9.13 Å². The molecular formula is C17H17FN4O. The summed E-state index contributed by atoms with van der Waals surface area (Å²) in [5.41, 5.74) is 8.36. The predicted molar refractivity (Wildman–Crippen MR) is 83.0 cm³/mol. The van der Waals surface area contributed by atoms with E-state index in [-0.39, 0.29) is 17.1 Å². The average molecular weight is 312 g/mol. The van der Waals surface area contributed by atoms with Crippen LogP contribution in [0.25, 0.3) is 0 Å². The Hall–Kier alpha value is -2.81. The average Bonchev–Trinajstić information content (AvgIpc) is 2.90. The largest absolute Gasteiger partial charge is 0.420 e. The van der Waals surface area contributed by atoms with E-state index in [0.717, 1.165) is 16.8 Å². The lowest BCUT2D eigenvalue weighted by atomic mass is 9.79. The van der Waals surface area contributed by atoms with Crippen LogP contribution in [0.15, 0.2) is 35.7 Å². The number of aromatic nitrogens is 2. The molecule has 6 heteroatoms. The minimum Gasteiger partial charge on any atom is -0.420 e. The van der Waals surface area contributed by atoms with E-state index in [2.05, 4.69) is 16.3 Å². The number of nitrogens with one attached hydrogen (secondary N) is 1. The Labute approximate surface area is 133 Å². The fourth-order valence-electron chi connectivity index (χ4n) is 2.81. The molecule has 0 spiro atoms. The molecule has 0 fully saturated rings. The van der Waals surface area contributed by atoms with Crippen LogP contribution in [-0.2, 0) is 5.41 Å². The molecule has 0 aliphatic carbocycles. The van der Waals surface area contributed by atoms with Crippen LogP contribution in [0.3, 0.4) is 0 Å². The van der Waals surface area contributed by atoms with Crippen LogP contribution >= 0.6 is 0 Å². The van der Waals surface area contributed by atoms with E-state index in [9.17, 15) is 9.65 Å². The summed E-state index contributed by atoms with van der Waals surface area (Å²) in [6.07, 6.45) is 0. The summed E-state index contributed by atoms with van der Waals surface area (Å²) in [5.74, 6) is -0.376. The Kier molecular flexibility index (Phi) is 3.37. The van der Waals surface area contributed by atoms with Crippen LogP contribution < -0.4 is 10.5 Å². The SMILES string of the molecule is CC(C)(C)c1[nH]nc2c1C(c1ccc(F)cc1)C(C#N)=C(N)O2. The van der Waals surface area contributed by atoms with Gasteiger partial charge in [0.1, 0.15) is 17.5 Å². The van der Waals surface area contributed by atoms with Gasteiger partial charge in [-0.1, -0.05) is 32.9 Å². The molecule has 0 saturated carbocycles. The number of nitriles is 1. The van der Waals surface area contributed by atoms with Crippen molar-refractivity contribution in [3.05, 3.63) is 58.4 Å². The van der Waals surface area contributed by atoms with Crippen molar-refractivity contribution >= 4 is 0 Å². The molecule has 3 N–H and O–H groups in total. The number of hydrogen-bond acceptors (Lipinski definition) is 4. The quantitative estimate of drug-likeness (QED) is 0.847. The second-order valence-corrected chi connectivity index (χ2v) is 6.54. The highest BCUT2D eigenvalue weighted by atomic mass is 19.1. The molecule has 5 nitrogen and oxygen atoms in total. The van der Waals surface area contributed by atoms with Crippen molar-refractivity contribution in [3.8, 4) is 11.9 Å². The van der Waals surface area contributed by atoms with Crippen LogP contribution in [0.2, 0.25) is 0 Å². The number of nitrogens with zero attached hydrogens (tertiary/aromatic N) is 2. The smallest absolute Gasteiger partial charge is 0.244 e. The van der Waals surface area contributed by atoms with E-state index >= 15 is 0 Å². The summed E-state index contributed by atoms with van der Waals surface area (Å²) in [6, 6.07) is 8.16. The van der Waals surface area contributed by atoms with E-state index in [1.54, 1.807) is 12.1 Å². The normalized spacial score (nSPS) is 17.4. The van der Waals surface area contributed by atoms with Crippen molar-refractivity contribution in [1.82, 2.24) is 10.2 Å². The predicted octanol–water partition coefficient (Wildman–Crippen LogP) is 3.06. The van der Waals surface area contributed by atoms with Crippen molar-refractivity contribution in [1.29, 1.82) is 5.26 Å². The van der Waals surface area contributed by atoms with Crippen LogP contribution in [0.5, 0.6) is 5.88 Å². The number of aromatic amines is 1. The van der Waals surface area contributed by atoms with Crippen LogP contribution in [0.1, 0.15) is 43.5 Å². The molecule has 0 saturated heterocycles. The molecular weight excluding hydrogens is 295 g/mol. The van der Waals surface area contributed by atoms with Crippen molar-refractivity contribution in [2.24, 2.45) is 5.73 Å². The number of benzene rings is 1. The van der Waals surface area contributed by atoms with Crippen molar-refractivity contribution in [2.45, 2.75) is 32.1 Å². The number of fused-ring (bicyclic) bond motifs is 1. The lowest BCUT2D eigenvalue weighted by Crippen LogP contribution is -2.23. The third-order valence-electron chi connectivity index (χ3n) is 3.89. The molecule has 2 heterocycles. The molecule has 0 radical (unpaired) electrons. The van der Waals surface area contributed by atoms with Gasteiger partial charge in [0.15, 0.2) is 0 Å². The molecule has 1 atom stereocenters. The number of allylic oxidation sites excluding steroid dienone is 1. The highest BCUT2D eigenvalue weighted by Gasteiger charge is 2.37. The molecule has 3 rings (SSSR count). The first-order chi connectivity index (χ1) is 10.8. The summed E-state index contributed by atoms with van der Waals surface area (Å²) in [4.78, 5) is 0. The molecule has 1 aliphatic heterocycles. The number of halogens is 1. The summed E-state index contributed by atoms with van der Waals surface area (Å²) in [7, 11) is 0. The zero-order valence-corrected chi connectivity index (χ0v) is 13.1. The van der Waals surface area contributed by atoms with Crippen molar-refractivity contribution in [2.75, 3.05) is 0 Å². The van der Waals surface area contributed by atoms with Gasteiger partial charge in [-0.2, -0.15) is 5.26 Å². The monoisotopic (exact) mass is 312 g/mol. The lowest BCUT2D eigenvalue weighted by molar-refractivity contribution is 0.378. The molecule has 1 aromatic heterocycles. The highest BCUT2D eigenvalue weighted by molar-refractivity contribution is 5.56. The zero-order chi connectivity index (χ0) is 16.8.